The molecule has 1 amide bonds. The Kier molecular flexibility index (Phi) is 4.42. The number of primary amides is 1. The van der Waals surface area contributed by atoms with Crippen molar-refractivity contribution in [2.75, 3.05) is 13.7 Å². The molecule has 16 heavy (non-hydrogen) atoms. The smallest absolute Gasteiger partial charge is 0.223 e. The molecular weight excluding hydrogens is 208 g/mol. The van der Waals surface area contributed by atoms with Crippen LogP contribution in [0, 0.1) is 12.8 Å². The minimum Gasteiger partial charge on any atom is -0.384 e. The Balaban J connectivity index is 2.68. The van der Waals surface area contributed by atoms with E-state index < -0.39 is 0 Å². The van der Waals surface area contributed by atoms with Crippen LogP contribution >= 0.6 is 0 Å². The monoisotopic (exact) mass is 226 g/mol. The van der Waals surface area contributed by atoms with E-state index in [0.717, 1.165) is 12.2 Å². The number of aromatic nitrogens is 3. The summed E-state index contributed by atoms with van der Waals surface area (Å²) >= 11 is 0. The van der Waals surface area contributed by atoms with Crippen LogP contribution in [0.3, 0.4) is 0 Å². The third-order valence-corrected chi connectivity index (χ3v) is 2.36. The largest absolute Gasteiger partial charge is 0.384 e. The van der Waals surface area contributed by atoms with Crippen LogP contribution < -0.4 is 5.73 Å². The van der Waals surface area contributed by atoms with Crippen LogP contribution in [-0.2, 0) is 22.5 Å². The van der Waals surface area contributed by atoms with Crippen LogP contribution in [-0.4, -0.2) is 34.6 Å². The Morgan fingerprint density at radius 2 is 2.31 bits per heavy atom. The molecule has 1 heterocycles. The highest BCUT2D eigenvalue weighted by Gasteiger charge is 2.12. The van der Waals surface area contributed by atoms with Gasteiger partial charge in [-0.2, -0.15) is 0 Å². The van der Waals surface area contributed by atoms with E-state index in [9.17, 15) is 4.79 Å². The van der Waals surface area contributed by atoms with E-state index in [2.05, 4.69) is 17.2 Å². The van der Waals surface area contributed by atoms with Crippen LogP contribution in [0.2, 0.25) is 0 Å². The lowest BCUT2D eigenvalue weighted by atomic mass is 10.2. The number of amides is 1. The second kappa shape index (κ2) is 5.60. The summed E-state index contributed by atoms with van der Waals surface area (Å²) in [6, 6.07) is 0. The number of ether oxygens (including phenoxy) is 1. The molecule has 0 radical (unpaired) electrons. The van der Waals surface area contributed by atoms with Gasteiger partial charge in [-0.1, -0.05) is 12.1 Å². The molecule has 0 aliphatic carbocycles. The zero-order chi connectivity index (χ0) is 12.1. The van der Waals surface area contributed by atoms with E-state index in [1.165, 1.54) is 0 Å². The first-order valence-electron chi connectivity index (χ1n) is 5.20. The summed E-state index contributed by atoms with van der Waals surface area (Å²) in [5.41, 5.74) is 6.66. The van der Waals surface area contributed by atoms with E-state index in [0.29, 0.717) is 18.2 Å². The van der Waals surface area contributed by atoms with Crippen LogP contribution in [0.15, 0.2) is 0 Å². The number of methoxy groups -OCH3 is 1. The zero-order valence-electron chi connectivity index (χ0n) is 9.93. The second-order valence-electron chi connectivity index (χ2n) is 4.01. The number of nitrogens with two attached hydrogens (primary N) is 1. The number of hydrogen-bond donors (Lipinski definition) is 1. The highest BCUT2D eigenvalue weighted by Crippen LogP contribution is 2.07. The molecule has 1 aromatic rings. The fourth-order valence-corrected chi connectivity index (χ4v) is 1.53. The average Bonchev–Trinajstić information content (AvgIpc) is 2.50. The lowest BCUT2D eigenvalue weighted by Gasteiger charge is -2.10. The first-order valence-corrected chi connectivity index (χ1v) is 5.20. The van der Waals surface area contributed by atoms with E-state index >= 15 is 0 Å². The van der Waals surface area contributed by atoms with Crippen molar-refractivity contribution in [2.24, 2.45) is 11.7 Å². The fourth-order valence-electron chi connectivity index (χ4n) is 1.53. The van der Waals surface area contributed by atoms with Gasteiger partial charge in [0.05, 0.1) is 24.4 Å². The fraction of sp³-hybridized carbons (Fsp3) is 0.700. The van der Waals surface area contributed by atoms with Gasteiger partial charge in [0.2, 0.25) is 5.91 Å². The van der Waals surface area contributed by atoms with Crippen LogP contribution in [0.5, 0.6) is 0 Å². The minimum absolute atomic E-state index is 0.143. The zero-order valence-corrected chi connectivity index (χ0v) is 9.93. The predicted molar refractivity (Wildman–Crippen MR) is 58.7 cm³/mol. The Hall–Kier alpha value is -1.43. The molecule has 6 nitrogen and oxygen atoms in total. The predicted octanol–water partition coefficient (Wildman–Crippen LogP) is -0.103. The maximum Gasteiger partial charge on any atom is 0.223 e. The Morgan fingerprint density at radius 3 is 2.88 bits per heavy atom. The molecule has 0 spiro atoms. The number of hydrogen-bond acceptors (Lipinski definition) is 4. The lowest BCUT2D eigenvalue weighted by molar-refractivity contribution is -0.117. The standard InChI is InChI=1S/C10H18N4O2/c1-7(6-16-3)5-14-8(2)9(12-13-14)4-10(11)15/h7H,4-6H2,1-3H3,(H2,11,15). The molecular formula is C10H18N4O2. The summed E-state index contributed by atoms with van der Waals surface area (Å²) in [5.74, 6) is -0.0353. The van der Waals surface area contributed by atoms with Crippen molar-refractivity contribution in [2.45, 2.75) is 26.8 Å². The summed E-state index contributed by atoms with van der Waals surface area (Å²) in [4.78, 5) is 10.8. The Labute approximate surface area is 94.8 Å². The second-order valence-corrected chi connectivity index (χ2v) is 4.01. The van der Waals surface area contributed by atoms with Crippen molar-refractivity contribution in [1.82, 2.24) is 15.0 Å². The summed E-state index contributed by atoms with van der Waals surface area (Å²) in [6.45, 7) is 5.35. The quantitative estimate of drug-likeness (QED) is 0.734. The van der Waals surface area contributed by atoms with Gasteiger partial charge in [-0.25, -0.2) is 4.68 Å². The molecule has 0 aliphatic heterocycles. The van der Waals surface area contributed by atoms with Gasteiger partial charge in [0.15, 0.2) is 0 Å². The molecule has 0 saturated carbocycles. The Bertz CT molecular complexity index is 362. The highest BCUT2D eigenvalue weighted by atomic mass is 16.5. The minimum atomic E-state index is -0.389. The van der Waals surface area contributed by atoms with E-state index in [1.807, 2.05) is 6.92 Å². The molecule has 2 N–H and O–H groups in total. The van der Waals surface area contributed by atoms with Crippen molar-refractivity contribution in [3.05, 3.63) is 11.4 Å². The van der Waals surface area contributed by atoms with Gasteiger partial charge in [0.25, 0.3) is 0 Å². The van der Waals surface area contributed by atoms with Gasteiger partial charge >= 0.3 is 0 Å². The van der Waals surface area contributed by atoms with Gasteiger partial charge in [0, 0.05) is 13.7 Å². The molecule has 0 bridgehead atoms. The number of carbonyl (C=O) groups is 1. The molecule has 0 aliphatic rings. The first-order chi connectivity index (χ1) is 7.54. The molecule has 0 saturated heterocycles. The summed E-state index contributed by atoms with van der Waals surface area (Å²) in [6.07, 6.45) is 0.143. The third kappa shape index (κ3) is 3.30. The van der Waals surface area contributed by atoms with Crippen LogP contribution in [0.4, 0.5) is 0 Å². The van der Waals surface area contributed by atoms with Crippen molar-refractivity contribution in [3.8, 4) is 0 Å². The van der Waals surface area contributed by atoms with Gasteiger partial charge < -0.3 is 10.5 Å². The number of carbonyl (C=O) groups excluding carboxylic acids is 1. The lowest BCUT2D eigenvalue weighted by Crippen LogP contribution is -2.16. The van der Waals surface area contributed by atoms with Gasteiger partial charge in [-0.3, -0.25) is 4.79 Å². The van der Waals surface area contributed by atoms with Crippen molar-refractivity contribution >= 4 is 5.91 Å². The van der Waals surface area contributed by atoms with E-state index in [1.54, 1.807) is 11.8 Å². The molecule has 1 unspecified atom stereocenters. The molecule has 6 heteroatoms. The van der Waals surface area contributed by atoms with Crippen molar-refractivity contribution < 1.29 is 9.53 Å². The normalized spacial score (nSPS) is 12.7. The van der Waals surface area contributed by atoms with Crippen LogP contribution in [0.25, 0.3) is 0 Å². The van der Waals surface area contributed by atoms with E-state index in [-0.39, 0.29) is 12.3 Å². The molecule has 1 atom stereocenters. The molecule has 90 valence electrons. The molecule has 0 aromatic carbocycles. The van der Waals surface area contributed by atoms with Gasteiger partial charge in [0.1, 0.15) is 0 Å². The molecule has 1 aromatic heterocycles. The summed E-state index contributed by atoms with van der Waals surface area (Å²) in [7, 11) is 1.67. The number of rotatable bonds is 6. The maximum absolute atomic E-state index is 10.8. The molecule has 0 fully saturated rings. The molecule has 1 rings (SSSR count). The topological polar surface area (TPSA) is 83.0 Å². The van der Waals surface area contributed by atoms with Crippen LogP contribution in [0.1, 0.15) is 18.3 Å². The average molecular weight is 226 g/mol. The number of nitrogens with zero attached hydrogens (tertiary/aromatic N) is 3. The summed E-state index contributed by atoms with van der Waals surface area (Å²) < 4.78 is 6.83. The van der Waals surface area contributed by atoms with Gasteiger partial charge in [-0.15, -0.1) is 5.10 Å². The maximum atomic E-state index is 10.8. The Morgan fingerprint density at radius 1 is 1.62 bits per heavy atom. The van der Waals surface area contributed by atoms with Crippen molar-refractivity contribution in [1.29, 1.82) is 0 Å². The first kappa shape index (κ1) is 12.6. The van der Waals surface area contributed by atoms with Gasteiger partial charge in [-0.05, 0) is 12.8 Å². The van der Waals surface area contributed by atoms with Crippen molar-refractivity contribution in [3.63, 3.8) is 0 Å². The van der Waals surface area contributed by atoms with E-state index in [4.69, 9.17) is 10.5 Å². The highest BCUT2D eigenvalue weighted by molar-refractivity contribution is 5.76. The third-order valence-electron chi connectivity index (χ3n) is 2.36. The SMILES string of the molecule is COCC(C)Cn1nnc(CC(N)=O)c1C. The summed E-state index contributed by atoms with van der Waals surface area (Å²) in [5, 5.41) is 7.93.